The molecule has 0 saturated carbocycles. The van der Waals surface area contributed by atoms with E-state index in [4.69, 9.17) is 0 Å². The number of aromatic nitrogens is 1. The highest BCUT2D eigenvalue weighted by Crippen LogP contribution is 2.24. The molecule has 0 spiro atoms. The Balaban J connectivity index is 1.69. The number of allylic oxidation sites excluding steroid dienone is 1. The van der Waals surface area contributed by atoms with Crippen LogP contribution in [0.3, 0.4) is 0 Å². The number of aliphatic hydroxyl groups excluding tert-OH is 1. The molecule has 1 atom stereocenters. The number of hydrogen-bond acceptors (Lipinski definition) is 3. The number of rotatable bonds is 6. The summed E-state index contributed by atoms with van der Waals surface area (Å²) in [6.07, 6.45) is 6.87. The summed E-state index contributed by atoms with van der Waals surface area (Å²) in [5.74, 6) is 0.256. The molecule has 1 unspecified atom stereocenters. The van der Waals surface area contributed by atoms with E-state index in [1.54, 1.807) is 12.1 Å². The first-order valence-corrected chi connectivity index (χ1v) is 8.66. The van der Waals surface area contributed by atoms with Crippen molar-refractivity contribution in [2.24, 2.45) is 0 Å². The fourth-order valence-electron chi connectivity index (χ4n) is 2.79. The van der Waals surface area contributed by atoms with Crippen LogP contribution in [-0.4, -0.2) is 21.3 Å². The smallest absolute Gasteiger partial charge is 0.116 e. The van der Waals surface area contributed by atoms with Gasteiger partial charge in [-0.2, -0.15) is 0 Å². The molecule has 128 valence electrons. The van der Waals surface area contributed by atoms with Gasteiger partial charge in [0.25, 0.3) is 0 Å². The lowest BCUT2D eigenvalue weighted by Gasteiger charge is -2.04. The summed E-state index contributed by atoms with van der Waals surface area (Å²) in [5.41, 5.74) is 4.02. The lowest BCUT2D eigenvalue weighted by atomic mass is 10.1. The molecule has 2 aromatic carbocycles. The molecular formula is C22H23NO2. The molecule has 3 rings (SSSR count). The molecular weight excluding hydrogens is 310 g/mol. The van der Waals surface area contributed by atoms with Crippen LogP contribution in [0.25, 0.3) is 28.2 Å². The van der Waals surface area contributed by atoms with Gasteiger partial charge in [-0.05, 0) is 56.0 Å². The third kappa shape index (κ3) is 4.68. The van der Waals surface area contributed by atoms with Crippen molar-refractivity contribution in [2.75, 3.05) is 0 Å². The normalized spacial score (nSPS) is 12.7. The molecule has 0 bridgehead atoms. The van der Waals surface area contributed by atoms with Crippen LogP contribution in [0.1, 0.15) is 31.7 Å². The van der Waals surface area contributed by atoms with Gasteiger partial charge in [0.1, 0.15) is 5.75 Å². The van der Waals surface area contributed by atoms with Crippen LogP contribution in [0.2, 0.25) is 0 Å². The molecule has 25 heavy (non-hydrogen) atoms. The minimum atomic E-state index is -0.217. The SMILES string of the molecule is CC(O)CCCC=Cc1ccc(-c2ccc3cc(O)ccc3n2)cc1. The van der Waals surface area contributed by atoms with Gasteiger partial charge in [0, 0.05) is 10.9 Å². The largest absolute Gasteiger partial charge is 0.508 e. The highest BCUT2D eigenvalue weighted by atomic mass is 16.3. The summed E-state index contributed by atoms with van der Waals surface area (Å²) in [6, 6.07) is 17.5. The van der Waals surface area contributed by atoms with Crippen molar-refractivity contribution in [3.63, 3.8) is 0 Å². The van der Waals surface area contributed by atoms with E-state index in [-0.39, 0.29) is 11.9 Å². The summed E-state index contributed by atoms with van der Waals surface area (Å²) in [6.45, 7) is 1.83. The molecule has 0 aliphatic carbocycles. The van der Waals surface area contributed by atoms with Crippen molar-refractivity contribution in [3.05, 3.63) is 66.2 Å². The highest BCUT2D eigenvalue weighted by molar-refractivity contribution is 5.82. The van der Waals surface area contributed by atoms with Crippen molar-refractivity contribution in [2.45, 2.75) is 32.3 Å². The molecule has 3 heteroatoms. The second kappa shape index (κ2) is 7.95. The molecule has 0 aliphatic rings. The van der Waals surface area contributed by atoms with Gasteiger partial charge in [-0.1, -0.05) is 42.5 Å². The first-order valence-electron chi connectivity index (χ1n) is 8.66. The van der Waals surface area contributed by atoms with Gasteiger partial charge in [0.05, 0.1) is 17.3 Å². The van der Waals surface area contributed by atoms with Crippen LogP contribution in [0, 0.1) is 0 Å². The first kappa shape index (κ1) is 17.2. The Bertz CT molecular complexity index is 867. The Morgan fingerprint density at radius 3 is 2.60 bits per heavy atom. The van der Waals surface area contributed by atoms with Crippen LogP contribution in [0.5, 0.6) is 5.75 Å². The maximum absolute atomic E-state index is 9.53. The quantitative estimate of drug-likeness (QED) is 0.612. The molecule has 3 nitrogen and oxygen atoms in total. The minimum Gasteiger partial charge on any atom is -0.508 e. The minimum absolute atomic E-state index is 0.217. The van der Waals surface area contributed by atoms with Crippen LogP contribution in [-0.2, 0) is 0 Å². The summed E-state index contributed by atoms with van der Waals surface area (Å²) in [5, 5.41) is 19.7. The predicted molar refractivity (Wildman–Crippen MR) is 103 cm³/mol. The Morgan fingerprint density at radius 1 is 1.04 bits per heavy atom. The molecule has 1 heterocycles. The molecule has 0 fully saturated rings. The summed E-state index contributed by atoms with van der Waals surface area (Å²) in [7, 11) is 0. The van der Waals surface area contributed by atoms with Crippen LogP contribution < -0.4 is 0 Å². The van der Waals surface area contributed by atoms with Crippen molar-refractivity contribution in [1.82, 2.24) is 4.98 Å². The lowest BCUT2D eigenvalue weighted by molar-refractivity contribution is 0.182. The predicted octanol–water partition coefficient (Wildman–Crippen LogP) is 5.17. The number of phenolic OH excluding ortho intramolecular Hbond substituents is 1. The van der Waals surface area contributed by atoms with Gasteiger partial charge in [-0.25, -0.2) is 4.98 Å². The Labute approximate surface area is 148 Å². The zero-order valence-corrected chi connectivity index (χ0v) is 14.4. The van der Waals surface area contributed by atoms with E-state index >= 15 is 0 Å². The number of hydrogen-bond donors (Lipinski definition) is 2. The average molecular weight is 333 g/mol. The molecule has 3 aromatic rings. The van der Waals surface area contributed by atoms with Gasteiger partial charge >= 0.3 is 0 Å². The van der Waals surface area contributed by atoms with E-state index in [0.29, 0.717) is 0 Å². The number of nitrogens with zero attached hydrogens (tertiary/aromatic N) is 1. The number of pyridine rings is 1. The molecule has 0 aliphatic heterocycles. The third-order valence-corrected chi connectivity index (χ3v) is 4.18. The van der Waals surface area contributed by atoms with Gasteiger partial charge in [0.15, 0.2) is 0 Å². The summed E-state index contributed by atoms with van der Waals surface area (Å²) >= 11 is 0. The van der Waals surface area contributed by atoms with E-state index in [1.165, 1.54) is 0 Å². The number of aliphatic hydroxyl groups is 1. The maximum Gasteiger partial charge on any atom is 0.116 e. The van der Waals surface area contributed by atoms with E-state index in [9.17, 15) is 10.2 Å². The number of aromatic hydroxyl groups is 1. The fraction of sp³-hybridized carbons (Fsp3) is 0.227. The molecule has 0 amide bonds. The Hall–Kier alpha value is -2.65. The zero-order valence-electron chi connectivity index (χ0n) is 14.4. The van der Waals surface area contributed by atoms with Crippen LogP contribution in [0.4, 0.5) is 0 Å². The summed E-state index contributed by atoms with van der Waals surface area (Å²) in [4.78, 5) is 4.67. The Morgan fingerprint density at radius 2 is 1.84 bits per heavy atom. The average Bonchev–Trinajstić information content (AvgIpc) is 2.61. The van der Waals surface area contributed by atoms with Crippen molar-refractivity contribution >= 4 is 17.0 Å². The maximum atomic E-state index is 9.53. The molecule has 2 N–H and O–H groups in total. The zero-order chi connectivity index (χ0) is 17.6. The molecule has 0 radical (unpaired) electrons. The molecule has 1 aromatic heterocycles. The van der Waals surface area contributed by atoms with Crippen molar-refractivity contribution < 1.29 is 10.2 Å². The van der Waals surface area contributed by atoms with Gasteiger partial charge < -0.3 is 10.2 Å². The summed E-state index contributed by atoms with van der Waals surface area (Å²) < 4.78 is 0. The van der Waals surface area contributed by atoms with Crippen LogP contribution >= 0.6 is 0 Å². The highest BCUT2D eigenvalue weighted by Gasteiger charge is 2.02. The second-order valence-electron chi connectivity index (χ2n) is 6.38. The monoisotopic (exact) mass is 333 g/mol. The standard InChI is InChI=1S/C22H23NO2/c1-16(24)5-3-2-4-6-17-7-9-18(10-8-17)21-13-11-19-15-20(25)12-14-22(19)23-21/h4,6-16,24-25H,2-3,5H2,1H3. The van der Waals surface area contributed by atoms with E-state index in [1.807, 2.05) is 25.1 Å². The third-order valence-electron chi connectivity index (χ3n) is 4.18. The van der Waals surface area contributed by atoms with Crippen molar-refractivity contribution in [3.8, 4) is 17.0 Å². The number of benzene rings is 2. The van der Waals surface area contributed by atoms with E-state index in [2.05, 4.69) is 41.4 Å². The van der Waals surface area contributed by atoms with Gasteiger partial charge in [0.2, 0.25) is 0 Å². The van der Waals surface area contributed by atoms with E-state index < -0.39 is 0 Å². The number of unbranched alkanes of at least 4 members (excludes halogenated alkanes) is 1. The van der Waals surface area contributed by atoms with Crippen LogP contribution in [0.15, 0.2) is 60.7 Å². The molecule has 0 saturated heterocycles. The number of fused-ring (bicyclic) bond motifs is 1. The second-order valence-corrected chi connectivity index (χ2v) is 6.38. The number of phenols is 1. The fourth-order valence-corrected chi connectivity index (χ4v) is 2.79. The van der Waals surface area contributed by atoms with Gasteiger partial charge in [-0.3, -0.25) is 0 Å². The topological polar surface area (TPSA) is 53.4 Å². The van der Waals surface area contributed by atoms with Crippen molar-refractivity contribution in [1.29, 1.82) is 0 Å². The Kier molecular flexibility index (Phi) is 5.46. The van der Waals surface area contributed by atoms with Gasteiger partial charge in [-0.15, -0.1) is 0 Å². The first-order chi connectivity index (χ1) is 12.1. The van der Waals surface area contributed by atoms with E-state index in [0.717, 1.165) is 47.0 Å². The lowest BCUT2D eigenvalue weighted by Crippen LogP contribution is -1.97.